The number of likely N-dealkylation sites (N-methyl/N-ethyl adjacent to an activating group) is 1. The number of carbonyl (C=O) groups excluding carboxylic acids is 1. The van der Waals surface area contributed by atoms with E-state index in [-0.39, 0.29) is 24.1 Å². The molecule has 0 spiro atoms. The van der Waals surface area contributed by atoms with Crippen LogP contribution in [0.4, 0.5) is 9.52 Å². The van der Waals surface area contributed by atoms with Gasteiger partial charge in [0.15, 0.2) is 5.13 Å². The third-order valence-electron chi connectivity index (χ3n) is 4.76. The minimum Gasteiger partial charge on any atom is -0.494 e. The van der Waals surface area contributed by atoms with Gasteiger partial charge in [-0.25, -0.2) is 9.37 Å². The molecule has 0 saturated heterocycles. The molecule has 0 aliphatic carbocycles. The molecule has 30 heavy (non-hydrogen) atoms. The van der Waals surface area contributed by atoms with Crippen molar-refractivity contribution in [3.63, 3.8) is 0 Å². The van der Waals surface area contributed by atoms with Crippen molar-refractivity contribution in [2.75, 3.05) is 37.7 Å². The van der Waals surface area contributed by atoms with Gasteiger partial charge in [-0.15, -0.1) is 12.4 Å². The highest BCUT2D eigenvalue weighted by Crippen LogP contribution is 2.32. The maximum Gasteiger partial charge on any atom is 0.260 e. The van der Waals surface area contributed by atoms with E-state index in [0.717, 1.165) is 35.6 Å². The average Bonchev–Trinajstić information content (AvgIpc) is 3.14. The van der Waals surface area contributed by atoms with E-state index in [1.54, 1.807) is 4.90 Å². The minimum absolute atomic E-state index is 0. The first kappa shape index (κ1) is 24.1. The fraction of sp³-hybridized carbons (Fsp3) is 0.364. The number of hydrogen-bond donors (Lipinski definition) is 0. The van der Waals surface area contributed by atoms with Gasteiger partial charge in [-0.1, -0.05) is 25.2 Å². The predicted octanol–water partition coefficient (Wildman–Crippen LogP) is 5.24. The molecule has 0 aliphatic heterocycles. The fourth-order valence-electron chi connectivity index (χ4n) is 3.08. The summed E-state index contributed by atoms with van der Waals surface area (Å²) in [5.41, 5.74) is 1.27. The number of anilines is 1. The molecule has 0 atom stereocenters. The first-order valence-corrected chi connectivity index (χ1v) is 10.7. The Hall–Kier alpha value is -2.22. The molecule has 162 valence electrons. The molecule has 0 radical (unpaired) electrons. The highest BCUT2D eigenvalue weighted by molar-refractivity contribution is 7.22. The van der Waals surface area contributed by atoms with Crippen LogP contribution in [0.25, 0.3) is 10.2 Å². The van der Waals surface area contributed by atoms with E-state index in [1.807, 2.05) is 25.1 Å². The minimum atomic E-state index is -0.361. The highest BCUT2D eigenvalue weighted by atomic mass is 35.5. The van der Waals surface area contributed by atoms with Crippen LogP contribution in [0.5, 0.6) is 5.75 Å². The van der Waals surface area contributed by atoms with Crippen molar-refractivity contribution in [2.45, 2.75) is 20.8 Å². The van der Waals surface area contributed by atoms with Crippen molar-refractivity contribution >= 4 is 45.0 Å². The van der Waals surface area contributed by atoms with Crippen molar-refractivity contribution in [1.82, 2.24) is 9.88 Å². The predicted molar refractivity (Wildman–Crippen MR) is 124 cm³/mol. The number of rotatable bonds is 9. The average molecular weight is 452 g/mol. The summed E-state index contributed by atoms with van der Waals surface area (Å²) in [6.45, 7) is 9.80. The third kappa shape index (κ3) is 5.68. The zero-order chi connectivity index (χ0) is 20.8. The number of fused-ring (bicyclic) bond motifs is 1. The third-order valence-corrected chi connectivity index (χ3v) is 5.80. The Morgan fingerprint density at radius 3 is 2.40 bits per heavy atom. The SMILES string of the molecule is CCOc1ccc2nc(N(CCN(CC)CC)C(=O)c3ccc(F)cc3)sc2c1.Cl. The van der Waals surface area contributed by atoms with Crippen LogP contribution in [0, 0.1) is 5.82 Å². The van der Waals surface area contributed by atoms with Gasteiger partial charge in [-0.05, 0) is 62.5 Å². The number of hydrogen-bond acceptors (Lipinski definition) is 5. The maximum atomic E-state index is 13.3. The Balaban J connectivity index is 0.00000320. The maximum absolute atomic E-state index is 13.3. The van der Waals surface area contributed by atoms with Crippen LogP contribution in [0.2, 0.25) is 0 Å². The summed E-state index contributed by atoms with van der Waals surface area (Å²) in [5.74, 6) is 0.246. The number of carbonyl (C=O) groups is 1. The normalized spacial score (nSPS) is 10.8. The zero-order valence-corrected chi connectivity index (χ0v) is 19.1. The molecule has 3 rings (SSSR count). The number of halogens is 2. The molecule has 0 bridgehead atoms. The van der Waals surface area contributed by atoms with E-state index in [2.05, 4.69) is 23.7 Å². The standard InChI is InChI=1S/C22H26FN3O2S.ClH/c1-4-25(5-2)13-14-26(21(27)16-7-9-17(23)10-8-16)22-24-19-12-11-18(28-6-3)15-20(19)29-22;/h7-12,15H,4-6,13-14H2,1-3H3;1H. The van der Waals surface area contributed by atoms with E-state index in [1.165, 1.54) is 35.6 Å². The second-order valence-corrected chi connectivity index (χ2v) is 7.56. The van der Waals surface area contributed by atoms with E-state index in [9.17, 15) is 9.18 Å². The van der Waals surface area contributed by atoms with Crippen LogP contribution in [-0.2, 0) is 0 Å². The largest absolute Gasteiger partial charge is 0.494 e. The summed E-state index contributed by atoms with van der Waals surface area (Å²) >= 11 is 1.46. The summed E-state index contributed by atoms with van der Waals surface area (Å²) in [7, 11) is 0. The van der Waals surface area contributed by atoms with Crippen molar-refractivity contribution in [3.8, 4) is 5.75 Å². The number of ether oxygens (including phenoxy) is 1. The molecular weight excluding hydrogens is 425 g/mol. The van der Waals surface area contributed by atoms with Crippen LogP contribution in [0.15, 0.2) is 42.5 Å². The molecule has 3 aromatic rings. The van der Waals surface area contributed by atoms with Gasteiger partial charge in [-0.2, -0.15) is 0 Å². The first-order chi connectivity index (χ1) is 14.0. The monoisotopic (exact) mass is 451 g/mol. The summed E-state index contributed by atoms with van der Waals surface area (Å²) < 4.78 is 19.8. The van der Waals surface area contributed by atoms with Crippen LogP contribution in [0.3, 0.4) is 0 Å². The summed E-state index contributed by atoms with van der Waals surface area (Å²) in [6.07, 6.45) is 0. The Kier molecular flexibility index (Phi) is 9.02. The molecule has 0 aliphatic rings. The lowest BCUT2D eigenvalue weighted by molar-refractivity contribution is 0.0983. The molecule has 0 fully saturated rings. The van der Waals surface area contributed by atoms with Gasteiger partial charge in [0.1, 0.15) is 11.6 Å². The number of amides is 1. The van der Waals surface area contributed by atoms with Gasteiger partial charge < -0.3 is 9.64 Å². The number of thiazole rings is 1. The Morgan fingerprint density at radius 1 is 1.07 bits per heavy atom. The lowest BCUT2D eigenvalue weighted by Gasteiger charge is -2.24. The summed E-state index contributed by atoms with van der Waals surface area (Å²) in [6, 6.07) is 11.4. The molecule has 0 unspecified atom stereocenters. The van der Waals surface area contributed by atoms with Gasteiger partial charge in [-0.3, -0.25) is 9.69 Å². The Bertz CT molecular complexity index is 961. The summed E-state index contributed by atoms with van der Waals surface area (Å²) in [5, 5.41) is 0.634. The molecule has 0 N–H and O–H groups in total. The topological polar surface area (TPSA) is 45.7 Å². The zero-order valence-electron chi connectivity index (χ0n) is 17.4. The van der Waals surface area contributed by atoms with Crippen LogP contribution < -0.4 is 9.64 Å². The van der Waals surface area contributed by atoms with Gasteiger partial charge in [0.05, 0.1) is 16.8 Å². The van der Waals surface area contributed by atoms with E-state index in [0.29, 0.717) is 23.8 Å². The molecule has 0 saturated carbocycles. The van der Waals surface area contributed by atoms with E-state index >= 15 is 0 Å². The molecule has 5 nitrogen and oxygen atoms in total. The van der Waals surface area contributed by atoms with Gasteiger partial charge >= 0.3 is 0 Å². The number of aromatic nitrogens is 1. The Labute approximate surface area is 186 Å². The highest BCUT2D eigenvalue weighted by Gasteiger charge is 2.22. The number of nitrogens with zero attached hydrogens (tertiary/aromatic N) is 3. The molecule has 1 aromatic heterocycles. The van der Waals surface area contributed by atoms with Crippen molar-refractivity contribution < 1.29 is 13.9 Å². The van der Waals surface area contributed by atoms with Crippen molar-refractivity contribution in [2.24, 2.45) is 0 Å². The van der Waals surface area contributed by atoms with Gasteiger partial charge in [0.2, 0.25) is 0 Å². The molecule has 1 amide bonds. The van der Waals surface area contributed by atoms with Crippen LogP contribution in [-0.4, -0.2) is 48.6 Å². The first-order valence-electron chi connectivity index (χ1n) is 9.88. The molecule has 2 aromatic carbocycles. The second-order valence-electron chi connectivity index (χ2n) is 6.55. The molecule has 1 heterocycles. The molecular formula is C22H27ClFN3O2S. The van der Waals surface area contributed by atoms with E-state index in [4.69, 9.17) is 4.74 Å². The number of benzene rings is 2. The lowest BCUT2D eigenvalue weighted by atomic mass is 10.2. The van der Waals surface area contributed by atoms with Crippen LogP contribution >= 0.6 is 23.7 Å². The second kappa shape index (κ2) is 11.2. The quantitative estimate of drug-likeness (QED) is 0.446. The van der Waals surface area contributed by atoms with Gasteiger partial charge in [0.25, 0.3) is 5.91 Å². The van der Waals surface area contributed by atoms with Crippen molar-refractivity contribution in [1.29, 1.82) is 0 Å². The van der Waals surface area contributed by atoms with Crippen LogP contribution in [0.1, 0.15) is 31.1 Å². The lowest BCUT2D eigenvalue weighted by Crippen LogP contribution is -2.38. The Morgan fingerprint density at radius 2 is 1.77 bits per heavy atom. The van der Waals surface area contributed by atoms with Crippen molar-refractivity contribution in [3.05, 3.63) is 53.8 Å². The fourth-order valence-corrected chi connectivity index (χ4v) is 4.10. The van der Waals surface area contributed by atoms with Gasteiger partial charge in [0, 0.05) is 18.7 Å². The molecule has 8 heteroatoms. The smallest absolute Gasteiger partial charge is 0.260 e. The van der Waals surface area contributed by atoms with E-state index < -0.39 is 0 Å². The summed E-state index contributed by atoms with van der Waals surface area (Å²) in [4.78, 5) is 21.8.